The van der Waals surface area contributed by atoms with Gasteiger partial charge in [-0.15, -0.1) is 0 Å². The van der Waals surface area contributed by atoms with Gasteiger partial charge >= 0.3 is 5.97 Å². The van der Waals surface area contributed by atoms with Gasteiger partial charge in [0.25, 0.3) is 0 Å². The minimum atomic E-state index is -1.19. The van der Waals surface area contributed by atoms with Crippen molar-refractivity contribution in [1.82, 2.24) is 4.57 Å². The zero-order valence-electron chi connectivity index (χ0n) is 17.1. The van der Waals surface area contributed by atoms with Crippen LogP contribution in [-0.4, -0.2) is 28.7 Å². The lowest BCUT2D eigenvalue weighted by atomic mass is 9.69. The molecule has 0 saturated heterocycles. The quantitative estimate of drug-likeness (QED) is 0.682. The molecule has 2 aromatic rings. The van der Waals surface area contributed by atoms with Crippen LogP contribution in [0.1, 0.15) is 60.0 Å². The van der Waals surface area contributed by atoms with Crippen molar-refractivity contribution in [2.24, 2.45) is 5.73 Å². The Kier molecular flexibility index (Phi) is 5.13. The number of amides is 1. The number of nitrogens with zero attached hydrogens (tertiary/aromatic N) is 1. The van der Waals surface area contributed by atoms with E-state index in [-0.39, 0.29) is 17.0 Å². The number of carboxylic acid groups (broad SMARTS) is 1. The van der Waals surface area contributed by atoms with Crippen LogP contribution in [0.2, 0.25) is 0 Å². The molecular weight excluding hydrogens is 384 g/mol. The number of aryl methyl sites for hydroxylation is 1. The number of benzene rings is 1. The summed E-state index contributed by atoms with van der Waals surface area (Å²) in [6.45, 7) is 0. The summed E-state index contributed by atoms with van der Waals surface area (Å²) in [5.74, 6) is -0.750. The highest BCUT2D eigenvalue weighted by Crippen LogP contribution is 2.49. The predicted molar refractivity (Wildman–Crippen MR) is 112 cm³/mol. The first-order chi connectivity index (χ1) is 14.3. The Morgan fingerprint density at radius 1 is 1.23 bits per heavy atom. The number of unbranched alkanes of at least 4 members (excludes halogenated alkanes) is 1. The van der Waals surface area contributed by atoms with Gasteiger partial charge in [-0.2, -0.15) is 0 Å². The third-order valence-electron chi connectivity index (χ3n) is 6.50. The van der Waals surface area contributed by atoms with Gasteiger partial charge in [0, 0.05) is 29.8 Å². The number of ether oxygens (including phenoxy) is 1. The molecule has 1 fully saturated rings. The Morgan fingerprint density at radius 3 is 2.60 bits per heavy atom. The molecule has 1 aromatic heterocycles. The van der Waals surface area contributed by atoms with Gasteiger partial charge < -0.3 is 20.1 Å². The zero-order valence-corrected chi connectivity index (χ0v) is 17.1. The molecule has 0 unspecified atom stereocenters. The monoisotopic (exact) mass is 410 g/mol. The lowest BCUT2D eigenvalue weighted by Crippen LogP contribution is -2.46. The van der Waals surface area contributed by atoms with E-state index >= 15 is 0 Å². The Morgan fingerprint density at radius 2 is 2.00 bits per heavy atom. The highest BCUT2D eigenvalue weighted by atomic mass is 16.5. The largest absolute Gasteiger partial charge is 0.496 e. The number of carboxylic acids is 1. The van der Waals surface area contributed by atoms with E-state index in [2.05, 4.69) is 6.07 Å². The fourth-order valence-corrected chi connectivity index (χ4v) is 4.80. The molecule has 1 aliphatic carbocycles. The number of primary amides is 1. The van der Waals surface area contributed by atoms with Crippen LogP contribution in [-0.2, 0) is 23.2 Å². The average molecular weight is 410 g/mol. The molecule has 7 heteroatoms. The summed E-state index contributed by atoms with van der Waals surface area (Å²) < 4.78 is 7.63. The minimum absolute atomic E-state index is 0.169. The van der Waals surface area contributed by atoms with E-state index in [1.54, 1.807) is 7.11 Å². The average Bonchev–Trinajstić information content (AvgIpc) is 2.67. The second-order valence-electron chi connectivity index (χ2n) is 8.36. The van der Waals surface area contributed by atoms with Gasteiger partial charge in [0.15, 0.2) is 5.43 Å². The van der Waals surface area contributed by atoms with Crippen LogP contribution in [0.15, 0.2) is 29.2 Å². The molecule has 1 aromatic carbocycles. The number of aromatic carboxylic acids is 1. The number of carbonyl (C=O) groups is 2. The Hall–Kier alpha value is -3.09. The van der Waals surface area contributed by atoms with Crippen molar-refractivity contribution in [3.8, 4) is 17.0 Å². The van der Waals surface area contributed by atoms with Crippen molar-refractivity contribution in [3.05, 3.63) is 51.3 Å². The van der Waals surface area contributed by atoms with E-state index in [0.29, 0.717) is 6.42 Å². The topological polar surface area (TPSA) is 112 Å². The zero-order chi connectivity index (χ0) is 21.5. The van der Waals surface area contributed by atoms with E-state index in [4.69, 9.17) is 10.5 Å². The number of nitrogens with two attached hydrogens (primary N) is 1. The fourth-order valence-electron chi connectivity index (χ4n) is 4.80. The van der Waals surface area contributed by atoms with Crippen LogP contribution in [0.25, 0.3) is 11.3 Å². The first kappa shape index (κ1) is 20.2. The number of carbonyl (C=O) groups excluding carboxylic acids is 1. The molecule has 0 radical (unpaired) electrons. The van der Waals surface area contributed by atoms with Crippen LogP contribution < -0.4 is 15.9 Å². The van der Waals surface area contributed by atoms with Crippen molar-refractivity contribution < 1.29 is 19.4 Å². The molecule has 2 aliphatic rings. The molecule has 0 atom stereocenters. The molecule has 158 valence electrons. The van der Waals surface area contributed by atoms with Gasteiger partial charge in [-0.1, -0.05) is 6.07 Å². The molecule has 2 heterocycles. The third-order valence-corrected chi connectivity index (χ3v) is 6.50. The summed E-state index contributed by atoms with van der Waals surface area (Å²) in [4.78, 5) is 34.9. The summed E-state index contributed by atoms with van der Waals surface area (Å²) in [5.41, 5.74) is 8.29. The van der Waals surface area contributed by atoms with Crippen LogP contribution in [0.3, 0.4) is 0 Å². The molecule has 1 spiro atoms. The molecule has 0 bridgehead atoms. The number of methoxy groups -OCH3 is 1. The maximum Gasteiger partial charge on any atom is 0.341 e. The summed E-state index contributed by atoms with van der Waals surface area (Å²) in [5, 5.41) is 9.42. The second kappa shape index (κ2) is 7.63. The van der Waals surface area contributed by atoms with E-state index in [1.165, 1.54) is 12.3 Å². The standard InChI is InChI=1S/C23H26N2O5/c1-30-20-10-16-15(9-14(20)5-2-3-6-21(24)27)12-23(7-4-8-23)25-13-17(22(28)29)19(26)11-18(16)25/h9-11,13H,2-8,12H2,1H3,(H2,24,27)(H,28,29). The Labute approximate surface area is 174 Å². The molecule has 1 amide bonds. The summed E-state index contributed by atoms with van der Waals surface area (Å²) in [6.07, 6.45) is 8.04. The molecule has 1 saturated carbocycles. The molecule has 3 N–H and O–H groups in total. The van der Waals surface area contributed by atoms with Crippen LogP contribution in [0.5, 0.6) is 5.75 Å². The second-order valence-corrected chi connectivity index (χ2v) is 8.36. The molecule has 1 aliphatic heterocycles. The lowest BCUT2D eigenvalue weighted by molar-refractivity contribution is -0.118. The van der Waals surface area contributed by atoms with E-state index in [1.807, 2.05) is 10.6 Å². The molecular formula is C23H26N2O5. The molecule has 4 rings (SSSR count). The molecule has 7 nitrogen and oxygen atoms in total. The highest BCUT2D eigenvalue weighted by Gasteiger charge is 2.43. The summed E-state index contributed by atoms with van der Waals surface area (Å²) >= 11 is 0. The normalized spacial score (nSPS) is 15.8. The lowest BCUT2D eigenvalue weighted by Gasteiger charge is -2.49. The highest BCUT2D eigenvalue weighted by molar-refractivity contribution is 5.88. The van der Waals surface area contributed by atoms with Crippen molar-refractivity contribution in [2.45, 2.75) is 56.9 Å². The maximum absolute atomic E-state index is 12.4. The van der Waals surface area contributed by atoms with Crippen molar-refractivity contribution in [1.29, 1.82) is 0 Å². The van der Waals surface area contributed by atoms with Crippen LogP contribution >= 0.6 is 0 Å². The van der Waals surface area contributed by atoms with Gasteiger partial charge in [0.2, 0.25) is 5.91 Å². The van der Waals surface area contributed by atoms with Crippen molar-refractivity contribution in [2.75, 3.05) is 7.11 Å². The van der Waals surface area contributed by atoms with Crippen LogP contribution in [0, 0.1) is 0 Å². The van der Waals surface area contributed by atoms with Crippen molar-refractivity contribution >= 4 is 11.9 Å². The molecule has 30 heavy (non-hydrogen) atoms. The number of hydrogen-bond acceptors (Lipinski definition) is 4. The summed E-state index contributed by atoms with van der Waals surface area (Å²) in [6, 6.07) is 5.56. The maximum atomic E-state index is 12.4. The van der Waals surface area contributed by atoms with E-state index in [0.717, 1.165) is 73.1 Å². The first-order valence-corrected chi connectivity index (χ1v) is 10.3. The van der Waals surface area contributed by atoms with Gasteiger partial charge in [-0.3, -0.25) is 9.59 Å². The van der Waals surface area contributed by atoms with E-state index < -0.39 is 11.4 Å². The number of fused-ring (bicyclic) bond motifs is 4. The number of aromatic nitrogens is 1. The fraction of sp³-hybridized carbons (Fsp3) is 0.435. The van der Waals surface area contributed by atoms with Gasteiger partial charge in [-0.25, -0.2) is 4.79 Å². The summed E-state index contributed by atoms with van der Waals surface area (Å²) in [7, 11) is 1.62. The van der Waals surface area contributed by atoms with Gasteiger partial charge in [0.05, 0.1) is 12.8 Å². The predicted octanol–water partition coefficient (Wildman–Crippen LogP) is 2.86. The van der Waals surface area contributed by atoms with Gasteiger partial charge in [-0.05, 0) is 62.1 Å². The Balaban J connectivity index is 1.77. The minimum Gasteiger partial charge on any atom is -0.496 e. The van der Waals surface area contributed by atoms with Gasteiger partial charge in [0.1, 0.15) is 11.3 Å². The number of rotatable bonds is 7. The third kappa shape index (κ3) is 3.38. The van der Waals surface area contributed by atoms with Crippen LogP contribution in [0.4, 0.5) is 0 Å². The van der Waals surface area contributed by atoms with Crippen molar-refractivity contribution in [3.63, 3.8) is 0 Å². The smallest absolute Gasteiger partial charge is 0.341 e. The van der Waals surface area contributed by atoms with E-state index in [9.17, 15) is 19.5 Å². The first-order valence-electron chi connectivity index (χ1n) is 10.3. The SMILES string of the molecule is COc1cc2c(cc1CCCCC(N)=O)CC1(CCC1)n1cc(C(=O)O)c(=O)cc1-2. The Bertz CT molecular complexity index is 1080. The number of pyridine rings is 1. The number of hydrogen-bond donors (Lipinski definition) is 2.